The van der Waals surface area contributed by atoms with Crippen molar-refractivity contribution in [3.8, 4) is 5.75 Å². The van der Waals surface area contributed by atoms with Crippen LogP contribution in [0, 0.1) is 11.8 Å². The van der Waals surface area contributed by atoms with Gasteiger partial charge in [0, 0.05) is 21.5 Å². The van der Waals surface area contributed by atoms with Crippen LogP contribution < -0.4 is 9.64 Å². The summed E-state index contributed by atoms with van der Waals surface area (Å²) in [4.78, 5) is 61.9. The number of carbonyl (C=O) groups excluding carboxylic acids is 4. The van der Waals surface area contributed by atoms with Gasteiger partial charge in [-0.25, -0.2) is 9.69 Å². The van der Waals surface area contributed by atoms with Crippen molar-refractivity contribution in [3.05, 3.63) is 93.4 Å². The number of ether oxygens (including phenoxy) is 1. The highest BCUT2D eigenvalue weighted by Gasteiger charge is 2.77. The average molecular weight is 651 g/mol. The molecule has 0 N–H and O–H groups in total. The second-order valence-electron chi connectivity index (χ2n) is 11.9. The smallest absolute Gasteiger partial charge is 0.332 e. The fourth-order valence-electron chi connectivity index (χ4n) is 6.83. The van der Waals surface area contributed by atoms with Gasteiger partial charge in [0.05, 0.1) is 30.7 Å². The van der Waals surface area contributed by atoms with Crippen LogP contribution in [-0.4, -0.2) is 51.7 Å². The Morgan fingerprint density at radius 3 is 2.19 bits per heavy atom. The van der Waals surface area contributed by atoms with Gasteiger partial charge in [0.1, 0.15) is 11.3 Å². The van der Waals surface area contributed by atoms with Crippen LogP contribution in [0.3, 0.4) is 0 Å². The molecule has 216 valence electrons. The SMILES string of the molecule is COc1ccc(C2C3C(=O)N(C(C)(C)C)C(=O)C3[C@]3(Cc4ccc(Cl)cc4)C(=O)N(c4cccc(Br)c4)C(=O)N23)cc1. The summed E-state index contributed by atoms with van der Waals surface area (Å²) in [6.07, 6.45) is 0.0318. The second kappa shape index (κ2) is 9.95. The number of rotatable bonds is 5. The second-order valence-corrected chi connectivity index (χ2v) is 13.3. The first-order valence-corrected chi connectivity index (χ1v) is 14.8. The van der Waals surface area contributed by atoms with E-state index in [0.29, 0.717) is 32.1 Å². The lowest BCUT2D eigenvalue weighted by Crippen LogP contribution is -2.57. The Morgan fingerprint density at radius 1 is 0.929 bits per heavy atom. The van der Waals surface area contributed by atoms with Crippen LogP contribution in [0.1, 0.15) is 37.9 Å². The van der Waals surface area contributed by atoms with E-state index in [1.54, 1.807) is 101 Å². The number of amides is 5. The van der Waals surface area contributed by atoms with Gasteiger partial charge in [0.2, 0.25) is 11.8 Å². The molecular formula is C32H29BrClN3O5. The van der Waals surface area contributed by atoms with Crippen LogP contribution in [0.2, 0.25) is 5.02 Å². The zero-order chi connectivity index (χ0) is 30.1. The molecule has 3 aromatic rings. The highest BCUT2D eigenvalue weighted by Crippen LogP contribution is 2.60. The van der Waals surface area contributed by atoms with Crippen LogP contribution in [0.15, 0.2) is 77.3 Å². The van der Waals surface area contributed by atoms with Gasteiger partial charge >= 0.3 is 6.03 Å². The summed E-state index contributed by atoms with van der Waals surface area (Å²) in [7, 11) is 1.55. The van der Waals surface area contributed by atoms with Crippen LogP contribution >= 0.6 is 27.5 Å². The monoisotopic (exact) mass is 649 g/mol. The third-order valence-electron chi connectivity index (χ3n) is 8.47. The van der Waals surface area contributed by atoms with Crippen molar-refractivity contribution in [2.24, 2.45) is 11.8 Å². The number of benzene rings is 3. The molecule has 3 aliphatic rings. The van der Waals surface area contributed by atoms with Gasteiger partial charge in [-0.05, 0) is 74.4 Å². The number of urea groups is 1. The Hall–Kier alpha value is -3.69. The van der Waals surface area contributed by atoms with E-state index in [1.807, 2.05) is 0 Å². The lowest BCUT2D eigenvalue weighted by Gasteiger charge is -2.38. The Morgan fingerprint density at radius 2 is 1.60 bits per heavy atom. The number of likely N-dealkylation sites (tertiary alicyclic amines) is 1. The van der Waals surface area contributed by atoms with E-state index in [4.69, 9.17) is 16.3 Å². The normalized spacial score (nSPS) is 25.4. The molecule has 3 unspecified atom stereocenters. The van der Waals surface area contributed by atoms with Crippen LogP contribution in [0.4, 0.5) is 10.5 Å². The van der Waals surface area contributed by atoms with Gasteiger partial charge in [-0.15, -0.1) is 0 Å². The maximum Gasteiger partial charge on any atom is 0.332 e. The predicted molar refractivity (Wildman–Crippen MR) is 161 cm³/mol. The topological polar surface area (TPSA) is 87.2 Å². The Kier molecular flexibility index (Phi) is 6.74. The van der Waals surface area contributed by atoms with E-state index in [1.165, 1.54) is 9.80 Å². The highest BCUT2D eigenvalue weighted by molar-refractivity contribution is 9.10. The summed E-state index contributed by atoms with van der Waals surface area (Å²) in [6, 6.07) is 19.5. The molecule has 4 atom stereocenters. The highest BCUT2D eigenvalue weighted by atomic mass is 79.9. The van der Waals surface area contributed by atoms with Gasteiger partial charge < -0.3 is 9.64 Å². The maximum absolute atomic E-state index is 14.9. The number of methoxy groups -OCH3 is 1. The van der Waals surface area contributed by atoms with E-state index in [-0.39, 0.29) is 6.42 Å². The quantitative estimate of drug-likeness (QED) is 0.249. The van der Waals surface area contributed by atoms with E-state index >= 15 is 0 Å². The first kappa shape index (κ1) is 28.4. The number of anilines is 1. The molecule has 0 saturated carbocycles. The third-order valence-corrected chi connectivity index (χ3v) is 9.21. The number of fused-ring (bicyclic) bond motifs is 3. The molecular weight excluding hydrogens is 622 g/mol. The Labute approximate surface area is 257 Å². The molecule has 3 aromatic carbocycles. The van der Waals surface area contributed by atoms with Crippen molar-refractivity contribution in [2.75, 3.05) is 12.0 Å². The summed E-state index contributed by atoms with van der Waals surface area (Å²) in [5.74, 6) is -2.83. The first-order valence-electron chi connectivity index (χ1n) is 13.6. The van der Waals surface area contributed by atoms with Crippen LogP contribution in [-0.2, 0) is 20.8 Å². The molecule has 6 rings (SSSR count). The van der Waals surface area contributed by atoms with Crippen molar-refractivity contribution >= 4 is 57.0 Å². The minimum absolute atomic E-state index is 0.0318. The van der Waals surface area contributed by atoms with Crippen molar-refractivity contribution in [2.45, 2.75) is 44.3 Å². The molecule has 0 radical (unpaired) electrons. The number of hydrogen-bond donors (Lipinski definition) is 0. The molecule has 10 heteroatoms. The predicted octanol–water partition coefficient (Wildman–Crippen LogP) is 6.02. The summed E-state index contributed by atoms with van der Waals surface area (Å²) in [5, 5.41) is 0.518. The first-order chi connectivity index (χ1) is 19.9. The van der Waals surface area contributed by atoms with Crippen molar-refractivity contribution < 1.29 is 23.9 Å². The summed E-state index contributed by atoms with van der Waals surface area (Å²) in [6.45, 7) is 5.39. The van der Waals surface area contributed by atoms with E-state index < -0.39 is 52.7 Å². The van der Waals surface area contributed by atoms with Crippen LogP contribution in [0.5, 0.6) is 5.75 Å². The van der Waals surface area contributed by atoms with Crippen molar-refractivity contribution in [1.29, 1.82) is 0 Å². The van der Waals surface area contributed by atoms with Crippen molar-refractivity contribution in [1.82, 2.24) is 9.80 Å². The number of halogens is 2. The molecule has 5 amide bonds. The minimum Gasteiger partial charge on any atom is -0.497 e. The number of imide groups is 2. The standard InChI is InChI=1S/C32H29BrClN3O5/c1-31(2,3)37-27(38)24-25(28(37)39)32(17-18-8-12-21(34)13-9-18)29(40)35(22-7-5-6-20(33)16-22)30(41)36(32)26(24)19-10-14-23(42-4)15-11-19/h5-16,24-26H,17H2,1-4H3/t24?,25?,26?,32-/m1/s1. The molecule has 3 saturated heterocycles. The Bertz CT molecular complexity index is 1620. The largest absolute Gasteiger partial charge is 0.497 e. The van der Waals surface area contributed by atoms with Crippen molar-refractivity contribution in [3.63, 3.8) is 0 Å². The summed E-state index contributed by atoms with van der Waals surface area (Å²) < 4.78 is 6.04. The molecule has 3 fully saturated rings. The average Bonchev–Trinajstić information content (AvgIpc) is 3.47. The molecule has 0 aliphatic carbocycles. The molecule has 3 aliphatic heterocycles. The van der Waals surface area contributed by atoms with Gasteiger partial charge in [-0.1, -0.05) is 57.9 Å². The maximum atomic E-state index is 14.9. The molecule has 0 spiro atoms. The zero-order valence-corrected chi connectivity index (χ0v) is 25.8. The molecule has 8 nitrogen and oxygen atoms in total. The number of nitrogens with zero attached hydrogens (tertiary/aromatic N) is 3. The minimum atomic E-state index is -1.66. The van der Waals surface area contributed by atoms with Gasteiger partial charge in [0.15, 0.2) is 0 Å². The number of hydrogen-bond acceptors (Lipinski definition) is 5. The van der Waals surface area contributed by atoms with Gasteiger partial charge in [-0.3, -0.25) is 19.3 Å². The van der Waals surface area contributed by atoms with Gasteiger partial charge in [0.25, 0.3) is 5.91 Å². The fraction of sp³-hybridized carbons (Fsp3) is 0.312. The molecule has 42 heavy (non-hydrogen) atoms. The third kappa shape index (κ3) is 4.08. The lowest BCUT2D eigenvalue weighted by molar-refractivity contribution is -0.149. The number of carbonyl (C=O) groups is 4. The Balaban J connectivity index is 1.62. The van der Waals surface area contributed by atoms with E-state index in [0.717, 1.165) is 4.90 Å². The van der Waals surface area contributed by atoms with E-state index in [9.17, 15) is 19.2 Å². The lowest BCUT2D eigenvalue weighted by atomic mass is 9.75. The zero-order valence-electron chi connectivity index (χ0n) is 23.5. The molecule has 3 heterocycles. The molecule has 0 bridgehead atoms. The summed E-state index contributed by atoms with van der Waals surface area (Å²) >= 11 is 9.62. The van der Waals surface area contributed by atoms with E-state index in [2.05, 4.69) is 15.9 Å². The van der Waals surface area contributed by atoms with Gasteiger partial charge in [-0.2, -0.15) is 0 Å². The fourth-order valence-corrected chi connectivity index (χ4v) is 7.34. The summed E-state index contributed by atoms with van der Waals surface area (Å²) in [5.41, 5.74) is -0.762. The molecule has 0 aromatic heterocycles. The van der Waals surface area contributed by atoms with Crippen LogP contribution in [0.25, 0.3) is 0 Å².